The number of nitrogens with zero attached hydrogens (tertiary/aromatic N) is 2. The fraction of sp³-hybridized carbons (Fsp3) is 0.368. The normalized spacial score (nSPS) is 20.7. The number of hydrogen-bond donors (Lipinski definition) is 0. The second kappa shape index (κ2) is 6.49. The van der Waals surface area contributed by atoms with Crippen LogP contribution in [-0.4, -0.2) is 22.3 Å². The summed E-state index contributed by atoms with van der Waals surface area (Å²) in [4.78, 5) is 18.8. The number of aromatic nitrogens is 1. The number of benzene rings is 1. The topological polar surface area (TPSA) is 33.2 Å². The van der Waals surface area contributed by atoms with Crippen LogP contribution in [0.2, 0.25) is 0 Å². The van der Waals surface area contributed by atoms with Crippen LogP contribution >= 0.6 is 0 Å². The van der Waals surface area contributed by atoms with Crippen LogP contribution in [-0.2, 0) is 11.2 Å². The van der Waals surface area contributed by atoms with Crippen molar-refractivity contribution in [1.82, 2.24) is 9.88 Å². The van der Waals surface area contributed by atoms with Crippen molar-refractivity contribution < 1.29 is 9.18 Å². The first kappa shape index (κ1) is 15.7. The predicted molar refractivity (Wildman–Crippen MR) is 87.3 cm³/mol. The second-order valence-corrected chi connectivity index (χ2v) is 6.34. The quantitative estimate of drug-likeness (QED) is 0.866. The Morgan fingerprint density at radius 1 is 1.35 bits per heavy atom. The van der Waals surface area contributed by atoms with E-state index in [0.29, 0.717) is 12.3 Å². The molecule has 4 heteroatoms. The first-order chi connectivity index (χ1) is 11.0. The fourth-order valence-electron chi connectivity index (χ4n) is 3.30. The first-order valence-corrected chi connectivity index (χ1v) is 8.01. The molecule has 1 aromatic carbocycles. The maximum atomic E-state index is 13.5. The van der Waals surface area contributed by atoms with Crippen LogP contribution in [0, 0.1) is 18.7 Å². The van der Waals surface area contributed by atoms with Gasteiger partial charge in [0.1, 0.15) is 5.82 Å². The summed E-state index contributed by atoms with van der Waals surface area (Å²) in [6.45, 7) is 4.77. The van der Waals surface area contributed by atoms with Crippen LogP contribution in [0.3, 0.4) is 0 Å². The minimum Gasteiger partial charge on any atom is -0.335 e. The monoisotopic (exact) mass is 312 g/mol. The Kier molecular flexibility index (Phi) is 4.42. The average Bonchev–Trinajstić information content (AvgIpc) is 2.91. The third-order valence-electron chi connectivity index (χ3n) is 4.54. The molecule has 2 atom stereocenters. The maximum Gasteiger partial charge on any atom is 0.227 e. The largest absolute Gasteiger partial charge is 0.335 e. The number of rotatable bonds is 3. The average molecular weight is 312 g/mol. The summed E-state index contributed by atoms with van der Waals surface area (Å²) in [5.74, 6) is 0.155. The van der Waals surface area contributed by atoms with E-state index in [9.17, 15) is 9.18 Å². The summed E-state index contributed by atoms with van der Waals surface area (Å²) < 4.78 is 13.5. The fourth-order valence-corrected chi connectivity index (χ4v) is 3.30. The molecule has 0 N–H and O–H groups in total. The van der Waals surface area contributed by atoms with Gasteiger partial charge in [0.05, 0.1) is 12.5 Å². The van der Waals surface area contributed by atoms with Gasteiger partial charge in [-0.3, -0.25) is 9.78 Å². The van der Waals surface area contributed by atoms with Crippen molar-refractivity contribution >= 4 is 5.91 Å². The van der Waals surface area contributed by atoms with E-state index in [1.165, 1.54) is 6.07 Å². The molecule has 0 aliphatic carbocycles. The Labute approximate surface area is 136 Å². The molecule has 1 aliphatic rings. The third kappa shape index (κ3) is 3.41. The Morgan fingerprint density at radius 2 is 2.17 bits per heavy atom. The van der Waals surface area contributed by atoms with Crippen molar-refractivity contribution in [3.8, 4) is 0 Å². The Morgan fingerprint density at radius 3 is 2.87 bits per heavy atom. The molecule has 1 aromatic heterocycles. The summed E-state index contributed by atoms with van der Waals surface area (Å²) in [6, 6.07) is 10.4. The van der Waals surface area contributed by atoms with Crippen molar-refractivity contribution in [2.45, 2.75) is 32.7 Å². The molecule has 120 valence electrons. The van der Waals surface area contributed by atoms with Gasteiger partial charge in [-0.2, -0.15) is 0 Å². The second-order valence-electron chi connectivity index (χ2n) is 6.34. The molecule has 0 radical (unpaired) electrons. The molecule has 1 fully saturated rings. The molecule has 0 saturated carbocycles. The van der Waals surface area contributed by atoms with Crippen LogP contribution in [0.5, 0.6) is 0 Å². The molecular weight excluding hydrogens is 291 g/mol. The summed E-state index contributed by atoms with van der Waals surface area (Å²) >= 11 is 0. The predicted octanol–water partition coefficient (Wildman–Crippen LogP) is 3.68. The molecule has 2 heterocycles. The van der Waals surface area contributed by atoms with Gasteiger partial charge in [-0.25, -0.2) is 4.39 Å². The number of carbonyl (C=O) groups excluding carboxylic acids is 1. The van der Waals surface area contributed by atoms with Crippen LogP contribution in [0.15, 0.2) is 42.6 Å². The molecular formula is C19H21FN2O. The Hall–Kier alpha value is -2.23. The molecule has 2 aromatic rings. The van der Waals surface area contributed by atoms with Gasteiger partial charge in [0.25, 0.3) is 0 Å². The molecule has 1 aliphatic heterocycles. The lowest BCUT2D eigenvalue weighted by Crippen LogP contribution is -2.33. The number of hydrogen-bond acceptors (Lipinski definition) is 2. The summed E-state index contributed by atoms with van der Waals surface area (Å²) in [6.07, 6.45) is 3.04. The van der Waals surface area contributed by atoms with Crippen LogP contribution in [0.25, 0.3) is 0 Å². The van der Waals surface area contributed by atoms with Gasteiger partial charge < -0.3 is 4.90 Å². The van der Waals surface area contributed by atoms with Gasteiger partial charge in [-0.1, -0.05) is 25.1 Å². The summed E-state index contributed by atoms with van der Waals surface area (Å²) in [5.41, 5.74) is 2.73. The number of pyridine rings is 1. The zero-order valence-corrected chi connectivity index (χ0v) is 13.5. The molecule has 1 amide bonds. The van der Waals surface area contributed by atoms with Gasteiger partial charge in [0.15, 0.2) is 0 Å². The highest BCUT2D eigenvalue weighted by molar-refractivity contribution is 5.79. The number of halogens is 1. The molecule has 3 nitrogen and oxygen atoms in total. The van der Waals surface area contributed by atoms with E-state index in [0.717, 1.165) is 29.8 Å². The molecule has 0 bridgehead atoms. The minimum absolute atomic E-state index is 0.0448. The number of carbonyl (C=O) groups is 1. The molecule has 3 rings (SSSR count). The minimum atomic E-state index is -0.253. The standard InChI is InChI=1S/C19H21FN2O/c1-13-8-9-22(19(13)16-4-3-5-17(20)11-16)18(23)10-15-7-6-14(2)21-12-15/h3-7,11-13,19H,8-10H2,1-2H3/t13-,19+/m0/s1. The Balaban J connectivity index is 1.80. The number of amides is 1. The Bertz CT molecular complexity index is 699. The molecule has 1 saturated heterocycles. The van der Waals surface area contributed by atoms with Crippen LogP contribution in [0.1, 0.15) is 36.2 Å². The number of aryl methyl sites for hydroxylation is 1. The number of likely N-dealkylation sites (tertiary alicyclic amines) is 1. The maximum absolute atomic E-state index is 13.5. The van der Waals surface area contributed by atoms with Crippen molar-refractivity contribution in [1.29, 1.82) is 0 Å². The molecule has 0 spiro atoms. The van der Waals surface area contributed by atoms with Gasteiger partial charge in [0.2, 0.25) is 5.91 Å². The van der Waals surface area contributed by atoms with Gasteiger partial charge in [0, 0.05) is 18.4 Å². The smallest absolute Gasteiger partial charge is 0.227 e. The zero-order chi connectivity index (χ0) is 16.4. The highest BCUT2D eigenvalue weighted by Gasteiger charge is 2.35. The van der Waals surface area contributed by atoms with E-state index in [2.05, 4.69) is 11.9 Å². The zero-order valence-electron chi connectivity index (χ0n) is 13.5. The van der Waals surface area contributed by atoms with Crippen molar-refractivity contribution in [2.75, 3.05) is 6.54 Å². The highest BCUT2D eigenvalue weighted by atomic mass is 19.1. The van der Waals surface area contributed by atoms with Gasteiger partial charge >= 0.3 is 0 Å². The first-order valence-electron chi connectivity index (χ1n) is 8.01. The molecule has 0 unspecified atom stereocenters. The lowest BCUT2D eigenvalue weighted by atomic mass is 9.95. The van der Waals surface area contributed by atoms with Crippen molar-refractivity contribution in [2.24, 2.45) is 5.92 Å². The summed E-state index contributed by atoms with van der Waals surface area (Å²) in [7, 11) is 0. The van der Waals surface area contributed by atoms with Crippen molar-refractivity contribution in [3.05, 3.63) is 65.2 Å². The van der Waals surface area contributed by atoms with E-state index in [4.69, 9.17) is 0 Å². The highest BCUT2D eigenvalue weighted by Crippen LogP contribution is 2.37. The van der Waals surface area contributed by atoms with E-state index in [-0.39, 0.29) is 17.8 Å². The van der Waals surface area contributed by atoms with E-state index in [1.807, 2.05) is 30.0 Å². The SMILES string of the molecule is Cc1ccc(CC(=O)N2CC[C@H](C)[C@@H]2c2cccc(F)c2)cn1. The van der Waals surface area contributed by atoms with E-state index < -0.39 is 0 Å². The van der Waals surface area contributed by atoms with Gasteiger partial charge in [-0.05, 0) is 48.6 Å². The lowest BCUT2D eigenvalue weighted by molar-refractivity contribution is -0.131. The van der Waals surface area contributed by atoms with E-state index >= 15 is 0 Å². The molecule has 23 heavy (non-hydrogen) atoms. The van der Waals surface area contributed by atoms with Crippen LogP contribution in [0.4, 0.5) is 4.39 Å². The third-order valence-corrected chi connectivity index (χ3v) is 4.54. The van der Waals surface area contributed by atoms with Crippen molar-refractivity contribution in [3.63, 3.8) is 0 Å². The summed E-state index contributed by atoms with van der Waals surface area (Å²) in [5, 5.41) is 0. The van der Waals surface area contributed by atoms with Gasteiger partial charge in [-0.15, -0.1) is 0 Å². The van der Waals surface area contributed by atoms with E-state index in [1.54, 1.807) is 18.3 Å². The van der Waals surface area contributed by atoms with Crippen LogP contribution < -0.4 is 0 Å². The lowest BCUT2D eigenvalue weighted by Gasteiger charge is -2.27.